The highest BCUT2D eigenvalue weighted by Crippen LogP contribution is 2.38. The van der Waals surface area contributed by atoms with Crippen molar-refractivity contribution in [3.63, 3.8) is 0 Å². The predicted octanol–water partition coefficient (Wildman–Crippen LogP) is 5.27. The van der Waals surface area contributed by atoms with Crippen molar-refractivity contribution in [1.82, 2.24) is 10.2 Å². The van der Waals surface area contributed by atoms with E-state index in [-0.39, 0.29) is 16.2 Å². The molecule has 0 bridgehead atoms. The maximum absolute atomic E-state index is 6.38. The Labute approximate surface area is 162 Å². The number of hydrogen-bond donors (Lipinski definition) is 0. The van der Waals surface area contributed by atoms with Gasteiger partial charge in [-0.25, -0.2) is 0 Å². The third-order valence-corrected chi connectivity index (χ3v) is 14.7. The van der Waals surface area contributed by atoms with Gasteiger partial charge >= 0.3 is 0 Å². The average molecular weight is 399 g/mol. The summed E-state index contributed by atoms with van der Waals surface area (Å²) in [5, 5.41) is 8.25. The fourth-order valence-corrected chi connectivity index (χ4v) is 3.74. The second kappa shape index (κ2) is 8.50. The molecule has 7 heteroatoms. The highest BCUT2D eigenvalue weighted by molar-refractivity contribution is 6.74. The minimum atomic E-state index is -1.86. The van der Waals surface area contributed by atoms with Gasteiger partial charge in [0.2, 0.25) is 5.88 Å². The van der Waals surface area contributed by atoms with E-state index in [1.54, 1.807) is 6.20 Å². The van der Waals surface area contributed by atoms with Crippen molar-refractivity contribution in [1.29, 1.82) is 0 Å². The molecule has 0 aromatic carbocycles. The molecule has 1 aromatic rings. The standard InChI is InChI=1S/C19H38N2O3Si2/c1-18(2,3)25(7,8)22-14-16(24-17-12-11-13-20-21-17)15-23-26(9,10)19(4,5)6/h11-13,16H,14-15H2,1-10H3. The van der Waals surface area contributed by atoms with Crippen LogP contribution in [0.3, 0.4) is 0 Å². The van der Waals surface area contributed by atoms with Crippen molar-refractivity contribution in [3.8, 4) is 5.88 Å². The van der Waals surface area contributed by atoms with Crippen LogP contribution in [0.2, 0.25) is 36.3 Å². The zero-order valence-electron chi connectivity index (χ0n) is 18.3. The molecule has 5 nitrogen and oxygen atoms in total. The van der Waals surface area contributed by atoms with Gasteiger partial charge in [-0.2, -0.15) is 5.10 Å². The topological polar surface area (TPSA) is 53.5 Å². The number of aromatic nitrogens is 2. The molecule has 0 unspecified atom stereocenters. The summed E-state index contributed by atoms with van der Waals surface area (Å²) in [6.07, 6.45) is 1.44. The van der Waals surface area contributed by atoms with Crippen molar-refractivity contribution >= 4 is 16.6 Å². The number of rotatable bonds is 8. The summed E-state index contributed by atoms with van der Waals surface area (Å²) < 4.78 is 18.8. The Morgan fingerprint density at radius 3 is 1.69 bits per heavy atom. The monoisotopic (exact) mass is 398 g/mol. The summed E-state index contributed by atoms with van der Waals surface area (Å²) >= 11 is 0. The van der Waals surface area contributed by atoms with Gasteiger partial charge in [0.1, 0.15) is 6.10 Å². The van der Waals surface area contributed by atoms with Crippen molar-refractivity contribution in [3.05, 3.63) is 18.3 Å². The Morgan fingerprint density at radius 1 is 0.885 bits per heavy atom. The predicted molar refractivity (Wildman–Crippen MR) is 113 cm³/mol. The second-order valence-corrected chi connectivity index (χ2v) is 19.6. The number of ether oxygens (including phenoxy) is 1. The van der Waals surface area contributed by atoms with Gasteiger partial charge in [-0.1, -0.05) is 41.5 Å². The summed E-state index contributed by atoms with van der Waals surface area (Å²) in [5.74, 6) is 0.509. The van der Waals surface area contributed by atoms with Crippen LogP contribution in [-0.4, -0.2) is 46.1 Å². The molecule has 1 rings (SSSR count). The maximum Gasteiger partial charge on any atom is 0.233 e. The lowest BCUT2D eigenvalue weighted by Crippen LogP contribution is -2.47. The first kappa shape index (κ1) is 23.3. The van der Waals surface area contributed by atoms with Gasteiger partial charge in [0.05, 0.1) is 13.2 Å². The van der Waals surface area contributed by atoms with E-state index in [2.05, 4.69) is 77.9 Å². The largest absolute Gasteiger partial charge is 0.468 e. The summed E-state index contributed by atoms with van der Waals surface area (Å²) in [7, 11) is -3.71. The highest BCUT2D eigenvalue weighted by atomic mass is 28.4. The molecule has 0 radical (unpaired) electrons. The second-order valence-electron chi connectivity index (χ2n) is 9.94. The molecule has 1 aromatic heterocycles. The van der Waals surface area contributed by atoms with Gasteiger partial charge in [-0.3, -0.25) is 0 Å². The molecule has 0 aliphatic heterocycles. The van der Waals surface area contributed by atoms with Crippen LogP contribution in [0.25, 0.3) is 0 Å². The third-order valence-electron chi connectivity index (χ3n) is 5.71. The van der Waals surface area contributed by atoms with Crippen LogP contribution in [0.5, 0.6) is 5.88 Å². The molecule has 0 aliphatic carbocycles. The Kier molecular flexibility index (Phi) is 7.61. The molecule has 26 heavy (non-hydrogen) atoms. The minimum Gasteiger partial charge on any atom is -0.468 e. The van der Waals surface area contributed by atoms with Crippen LogP contribution >= 0.6 is 0 Å². The fraction of sp³-hybridized carbons (Fsp3) is 0.789. The Morgan fingerprint density at radius 2 is 1.35 bits per heavy atom. The summed E-state index contributed by atoms with van der Waals surface area (Å²) in [5.41, 5.74) is 0. The van der Waals surface area contributed by atoms with Crippen LogP contribution in [0, 0.1) is 0 Å². The first-order valence-electron chi connectivity index (χ1n) is 9.38. The zero-order valence-corrected chi connectivity index (χ0v) is 20.3. The summed E-state index contributed by atoms with van der Waals surface area (Å²) in [4.78, 5) is 0. The first-order valence-corrected chi connectivity index (χ1v) is 15.2. The van der Waals surface area contributed by atoms with Gasteiger partial charge in [0.25, 0.3) is 0 Å². The first-order chi connectivity index (χ1) is 11.7. The highest BCUT2D eigenvalue weighted by Gasteiger charge is 2.40. The summed E-state index contributed by atoms with van der Waals surface area (Å²) in [6.45, 7) is 23.4. The smallest absolute Gasteiger partial charge is 0.233 e. The molecular weight excluding hydrogens is 360 g/mol. The lowest BCUT2D eigenvalue weighted by molar-refractivity contribution is 0.0665. The molecule has 0 fully saturated rings. The van der Waals surface area contributed by atoms with Crippen LogP contribution in [0.1, 0.15) is 41.5 Å². The van der Waals surface area contributed by atoms with E-state index in [0.717, 1.165) is 0 Å². The van der Waals surface area contributed by atoms with Crippen molar-refractivity contribution in [2.45, 2.75) is 83.9 Å². The van der Waals surface area contributed by atoms with E-state index >= 15 is 0 Å². The Bertz CT molecular complexity index is 522. The Balaban J connectivity index is 2.83. The van der Waals surface area contributed by atoms with Gasteiger partial charge in [-0.05, 0) is 42.3 Å². The van der Waals surface area contributed by atoms with E-state index in [1.165, 1.54) is 0 Å². The van der Waals surface area contributed by atoms with Gasteiger partial charge < -0.3 is 13.6 Å². The molecule has 1 heterocycles. The van der Waals surface area contributed by atoms with Crippen LogP contribution in [0.15, 0.2) is 18.3 Å². The van der Waals surface area contributed by atoms with Crippen LogP contribution in [-0.2, 0) is 8.85 Å². The van der Waals surface area contributed by atoms with E-state index < -0.39 is 16.6 Å². The van der Waals surface area contributed by atoms with E-state index in [0.29, 0.717) is 19.1 Å². The summed E-state index contributed by atoms with van der Waals surface area (Å²) in [6, 6.07) is 3.64. The molecule has 0 N–H and O–H groups in total. The van der Waals surface area contributed by atoms with Crippen LogP contribution < -0.4 is 4.74 Å². The Hall–Kier alpha value is -0.766. The number of nitrogens with zero attached hydrogens (tertiary/aromatic N) is 2. The van der Waals surface area contributed by atoms with Crippen molar-refractivity contribution in [2.75, 3.05) is 13.2 Å². The zero-order chi connectivity index (χ0) is 20.2. The van der Waals surface area contributed by atoms with Gasteiger partial charge in [0.15, 0.2) is 16.6 Å². The number of hydrogen-bond acceptors (Lipinski definition) is 5. The molecule has 150 valence electrons. The minimum absolute atomic E-state index is 0.157. The quantitative estimate of drug-likeness (QED) is 0.558. The van der Waals surface area contributed by atoms with E-state index in [1.807, 2.05) is 12.1 Å². The average Bonchev–Trinajstić information content (AvgIpc) is 2.49. The maximum atomic E-state index is 6.38. The molecule has 0 spiro atoms. The molecule has 0 amide bonds. The van der Waals surface area contributed by atoms with Crippen molar-refractivity contribution < 1.29 is 13.6 Å². The van der Waals surface area contributed by atoms with E-state index in [4.69, 9.17) is 13.6 Å². The molecule has 0 aliphatic rings. The van der Waals surface area contributed by atoms with Gasteiger partial charge in [-0.15, -0.1) is 5.10 Å². The SMILES string of the molecule is CC(C)(C)[Si](C)(C)OCC(CO[Si](C)(C)C(C)(C)C)Oc1cccnn1. The molecular formula is C19H38N2O3Si2. The van der Waals surface area contributed by atoms with Gasteiger partial charge in [0, 0.05) is 12.3 Å². The fourth-order valence-electron chi connectivity index (χ4n) is 1.67. The molecule has 0 atom stereocenters. The molecule has 0 saturated carbocycles. The third kappa shape index (κ3) is 6.76. The lowest BCUT2D eigenvalue weighted by Gasteiger charge is -2.39. The van der Waals surface area contributed by atoms with Crippen molar-refractivity contribution in [2.24, 2.45) is 0 Å². The van der Waals surface area contributed by atoms with Crippen LogP contribution in [0.4, 0.5) is 0 Å². The normalized spacial score (nSPS) is 14.0. The van der Waals surface area contributed by atoms with E-state index in [9.17, 15) is 0 Å². The molecule has 0 saturated heterocycles. The lowest BCUT2D eigenvalue weighted by atomic mass is 10.2.